The van der Waals surface area contributed by atoms with Crippen LogP contribution in [0.2, 0.25) is 0 Å². The van der Waals surface area contributed by atoms with Gasteiger partial charge >= 0.3 is 0 Å². The number of unbranched alkanes of at least 4 members (excludes halogenated alkanes) is 2. The second-order valence-electron chi connectivity index (χ2n) is 5.57. The molecular formula is C16H22N2O3S. The molecule has 5 nitrogen and oxygen atoms in total. The zero-order valence-corrected chi connectivity index (χ0v) is 13.6. The molecule has 120 valence electrons. The molecule has 1 aromatic carbocycles. The first-order valence-corrected chi connectivity index (χ1v) is 9.18. The molecule has 0 spiro atoms. The van der Waals surface area contributed by atoms with Crippen LogP contribution in [0.4, 0.5) is 0 Å². The summed E-state index contributed by atoms with van der Waals surface area (Å²) in [5.74, 6) is 0.0880. The zero-order valence-electron chi connectivity index (χ0n) is 12.8. The minimum absolute atomic E-state index is 0.0880. The first-order chi connectivity index (χ1) is 10.5. The van der Waals surface area contributed by atoms with Crippen LogP contribution in [-0.2, 0) is 14.8 Å². The first-order valence-electron chi connectivity index (χ1n) is 7.57. The Morgan fingerprint density at radius 2 is 2.05 bits per heavy atom. The fourth-order valence-corrected chi connectivity index (χ4v) is 4.43. The lowest BCUT2D eigenvalue weighted by atomic mass is 10.1. The summed E-state index contributed by atoms with van der Waals surface area (Å²) in [4.78, 5) is 0. The minimum Gasteiger partial charge on any atom is -0.375 e. The Morgan fingerprint density at radius 1 is 1.32 bits per heavy atom. The van der Waals surface area contributed by atoms with E-state index in [9.17, 15) is 8.42 Å². The summed E-state index contributed by atoms with van der Waals surface area (Å²) < 4.78 is 32.6. The molecule has 1 heterocycles. The number of rotatable bonds is 6. The number of hydrogen-bond donors (Lipinski definition) is 0. The van der Waals surface area contributed by atoms with Crippen molar-refractivity contribution in [2.45, 2.75) is 38.3 Å². The van der Waals surface area contributed by atoms with Crippen LogP contribution in [0.1, 0.15) is 37.8 Å². The Bertz CT molecular complexity index is 610. The summed E-state index contributed by atoms with van der Waals surface area (Å²) in [5, 5.41) is 8.54. The van der Waals surface area contributed by atoms with Gasteiger partial charge in [-0.1, -0.05) is 30.3 Å². The molecule has 0 radical (unpaired) electrons. The highest BCUT2D eigenvalue weighted by Crippen LogP contribution is 2.29. The quantitative estimate of drug-likeness (QED) is 0.754. The van der Waals surface area contributed by atoms with E-state index in [1.165, 1.54) is 0 Å². The molecule has 2 rings (SSSR count). The average molecular weight is 322 g/mol. The van der Waals surface area contributed by atoms with Crippen molar-refractivity contribution in [2.24, 2.45) is 0 Å². The Hall–Kier alpha value is -1.42. The fraction of sp³-hybridized carbons (Fsp3) is 0.562. The van der Waals surface area contributed by atoms with Gasteiger partial charge in [0.15, 0.2) is 0 Å². The van der Waals surface area contributed by atoms with Gasteiger partial charge in [0.1, 0.15) is 0 Å². The van der Waals surface area contributed by atoms with Gasteiger partial charge in [0.05, 0.1) is 30.6 Å². The third-order valence-corrected chi connectivity index (χ3v) is 5.73. The minimum atomic E-state index is -3.35. The lowest BCUT2D eigenvalue weighted by molar-refractivity contribution is -0.0231. The maximum absolute atomic E-state index is 12.7. The monoisotopic (exact) mass is 322 g/mol. The summed E-state index contributed by atoms with van der Waals surface area (Å²) >= 11 is 0. The van der Waals surface area contributed by atoms with E-state index < -0.39 is 10.0 Å². The van der Waals surface area contributed by atoms with Crippen LogP contribution in [0.3, 0.4) is 0 Å². The van der Waals surface area contributed by atoms with Crippen molar-refractivity contribution in [1.29, 1.82) is 5.26 Å². The molecular weight excluding hydrogens is 300 g/mol. The van der Waals surface area contributed by atoms with Gasteiger partial charge in [-0.2, -0.15) is 9.57 Å². The van der Waals surface area contributed by atoms with Gasteiger partial charge in [-0.3, -0.25) is 0 Å². The molecule has 22 heavy (non-hydrogen) atoms. The van der Waals surface area contributed by atoms with E-state index in [1.54, 1.807) is 4.31 Å². The Labute approximate surface area is 132 Å². The van der Waals surface area contributed by atoms with Crippen LogP contribution >= 0.6 is 0 Å². The van der Waals surface area contributed by atoms with Crippen molar-refractivity contribution in [3.63, 3.8) is 0 Å². The van der Waals surface area contributed by atoms with Gasteiger partial charge in [-0.05, 0) is 25.3 Å². The lowest BCUT2D eigenvalue weighted by Gasteiger charge is -2.38. The summed E-state index contributed by atoms with van der Waals surface area (Å²) in [6.07, 6.45) is 1.43. The third-order valence-electron chi connectivity index (χ3n) is 3.81. The Kier molecular flexibility index (Phi) is 5.95. The van der Waals surface area contributed by atoms with Gasteiger partial charge in [-0.25, -0.2) is 8.42 Å². The molecule has 0 bridgehead atoms. The molecule has 2 atom stereocenters. The highest BCUT2D eigenvalue weighted by Gasteiger charge is 2.35. The standard InChI is InChI=1S/C16H22N2O3S/c1-14-12-18(22(19,20)11-7-3-6-10-17)16(13-21-14)15-8-4-2-5-9-15/h2,4-5,8-9,14,16H,3,6-7,11-13H2,1H3/t14-,16-/m0/s1. The van der Waals surface area contributed by atoms with Crippen molar-refractivity contribution < 1.29 is 13.2 Å². The molecule has 1 aliphatic rings. The summed E-state index contributed by atoms with van der Waals surface area (Å²) in [5.41, 5.74) is 0.954. The number of benzene rings is 1. The Balaban J connectivity index is 2.14. The van der Waals surface area contributed by atoms with E-state index in [1.807, 2.05) is 43.3 Å². The molecule has 0 aromatic heterocycles. The SMILES string of the molecule is C[C@H]1CN(S(=O)(=O)CCCCC#N)[C@H](c2ccccc2)CO1. The first kappa shape index (κ1) is 16.9. The molecule has 0 saturated carbocycles. The van der Waals surface area contributed by atoms with Crippen LogP contribution in [-0.4, -0.2) is 37.7 Å². The summed E-state index contributed by atoms with van der Waals surface area (Å²) in [6, 6.07) is 11.4. The van der Waals surface area contributed by atoms with Gasteiger partial charge in [0.2, 0.25) is 10.0 Å². The smallest absolute Gasteiger partial charge is 0.214 e. The van der Waals surface area contributed by atoms with Gasteiger partial charge in [0, 0.05) is 13.0 Å². The fourth-order valence-electron chi connectivity index (χ4n) is 2.62. The van der Waals surface area contributed by atoms with E-state index >= 15 is 0 Å². The number of sulfonamides is 1. The van der Waals surface area contributed by atoms with E-state index in [4.69, 9.17) is 10.00 Å². The number of ether oxygens (including phenoxy) is 1. The highest BCUT2D eigenvalue weighted by atomic mass is 32.2. The number of nitriles is 1. The molecule has 1 saturated heterocycles. The van der Waals surface area contributed by atoms with Crippen LogP contribution in [0.5, 0.6) is 0 Å². The van der Waals surface area contributed by atoms with Crippen molar-refractivity contribution in [3.8, 4) is 6.07 Å². The number of nitrogens with zero attached hydrogens (tertiary/aromatic N) is 2. The van der Waals surface area contributed by atoms with Crippen LogP contribution in [0.15, 0.2) is 30.3 Å². The van der Waals surface area contributed by atoms with E-state index in [-0.39, 0.29) is 17.9 Å². The van der Waals surface area contributed by atoms with Gasteiger partial charge < -0.3 is 4.74 Å². The van der Waals surface area contributed by atoms with Crippen molar-refractivity contribution in [2.75, 3.05) is 18.9 Å². The predicted octanol–water partition coefficient (Wildman–Crippen LogP) is 2.47. The van der Waals surface area contributed by atoms with Crippen molar-refractivity contribution in [3.05, 3.63) is 35.9 Å². The average Bonchev–Trinajstić information content (AvgIpc) is 2.52. The van der Waals surface area contributed by atoms with Crippen LogP contribution < -0.4 is 0 Å². The number of morpholine rings is 1. The van der Waals surface area contributed by atoms with Crippen molar-refractivity contribution >= 4 is 10.0 Å². The van der Waals surface area contributed by atoms with Gasteiger partial charge in [-0.15, -0.1) is 0 Å². The van der Waals surface area contributed by atoms with Gasteiger partial charge in [0.25, 0.3) is 0 Å². The number of hydrogen-bond acceptors (Lipinski definition) is 4. The van der Waals surface area contributed by atoms with Crippen molar-refractivity contribution in [1.82, 2.24) is 4.31 Å². The lowest BCUT2D eigenvalue weighted by Crippen LogP contribution is -2.47. The second kappa shape index (κ2) is 7.73. The topological polar surface area (TPSA) is 70.4 Å². The molecule has 1 aromatic rings. The zero-order chi connectivity index (χ0) is 16.0. The molecule has 0 aliphatic carbocycles. The Morgan fingerprint density at radius 3 is 2.73 bits per heavy atom. The molecule has 0 unspecified atom stereocenters. The molecule has 0 N–H and O–H groups in total. The predicted molar refractivity (Wildman–Crippen MR) is 84.6 cm³/mol. The summed E-state index contributed by atoms with van der Waals surface area (Å²) in [7, 11) is -3.35. The molecule has 1 fully saturated rings. The third kappa shape index (κ3) is 4.29. The summed E-state index contributed by atoms with van der Waals surface area (Å²) in [6.45, 7) is 2.64. The van der Waals surface area contributed by atoms with Crippen LogP contribution in [0, 0.1) is 11.3 Å². The maximum atomic E-state index is 12.7. The molecule has 6 heteroatoms. The van der Waals surface area contributed by atoms with E-state index in [2.05, 4.69) is 0 Å². The second-order valence-corrected chi connectivity index (χ2v) is 7.61. The molecule has 0 amide bonds. The van der Waals surface area contributed by atoms with E-state index in [0.29, 0.717) is 32.4 Å². The normalized spacial score (nSPS) is 23.1. The molecule has 1 aliphatic heterocycles. The van der Waals surface area contributed by atoms with E-state index in [0.717, 1.165) is 5.56 Å². The highest BCUT2D eigenvalue weighted by molar-refractivity contribution is 7.89. The maximum Gasteiger partial charge on any atom is 0.214 e. The largest absolute Gasteiger partial charge is 0.375 e. The van der Waals surface area contributed by atoms with Crippen LogP contribution in [0.25, 0.3) is 0 Å².